The van der Waals surface area contributed by atoms with Crippen molar-refractivity contribution in [3.8, 4) is 0 Å². The van der Waals surface area contributed by atoms with Crippen LogP contribution in [-0.2, 0) is 0 Å². The standard InChI is InChI=1S/C11H25NO/c1-7-12(11(4,5)6)8-10(13)9(2)3/h9-10,13H,7-8H2,1-6H3. The summed E-state index contributed by atoms with van der Waals surface area (Å²) in [4.78, 5) is 2.30. The number of β-amino-alcohol motifs (C(OH)–C–C–N with tert-alkyl or cyclic N) is 1. The molecule has 0 aromatic rings. The Morgan fingerprint density at radius 1 is 1.23 bits per heavy atom. The lowest BCUT2D eigenvalue weighted by Gasteiger charge is -2.36. The van der Waals surface area contributed by atoms with Crippen LogP contribution in [0.15, 0.2) is 0 Å². The molecule has 0 saturated carbocycles. The van der Waals surface area contributed by atoms with Gasteiger partial charge in [0.05, 0.1) is 6.10 Å². The van der Waals surface area contributed by atoms with Gasteiger partial charge in [0.2, 0.25) is 0 Å². The predicted molar refractivity (Wildman–Crippen MR) is 57.8 cm³/mol. The molecule has 2 heteroatoms. The lowest BCUT2D eigenvalue weighted by Crippen LogP contribution is -2.46. The molecule has 0 aliphatic heterocycles. The van der Waals surface area contributed by atoms with Crippen molar-refractivity contribution >= 4 is 0 Å². The van der Waals surface area contributed by atoms with Crippen LogP contribution in [-0.4, -0.2) is 34.7 Å². The van der Waals surface area contributed by atoms with E-state index >= 15 is 0 Å². The van der Waals surface area contributed by atoms with E-state index in [-0.39, 0.29) is 11.6 Å². The summed E-state index contributed by atoms with van der Waals surface area (Å²) in [6, 6.07) is 0. The van der Waals surface area contributed by atoms with Gasteiger partial charge < -0.3 is 5.11 Å². The normalized spacial score (nSPS) is 15.5. The Hall–Kier alpha value is -0.0800. The number of rotatable bonds is 4. The molecule has 0 aromatic carbocycles. The van der Waals surface area contributed by atoms with Crippen LogP contribution in [0.5, 0.6) is 0 Å². The Labute approximate surface area is 82.9 Å². The van der Waals surface area contributed by atoms with Gasteiger partial charge in [-0.2, -0.15) is 0 Å². The quantitative estimate of drug-likeness (QED) is 0.729. The first-order valence-electron chi connectivity index (χ1n) is 5.22. The van der Waals surface area contributed by atoms with Gasteiger partial charge in [0.1, 0.15) is 0 Å². The van der Waals surface area contributed by atoms with Gasteiger partial charge in [0.15, 0.2) is 0 Å². The molecule has 0 fully saturated rings. The molecular weight excluding hydrogens is 162 g/mol. The Morgan fingerprint density at radius 3 is 1.92 bits per heavy atom. The molecule has 0 heterocycles. The fourth-order valence-electron chi connectivity index (χ4n) is 1.31. The molecule has 0 aromatic heterocycles. The number of aliphatic hydroxyl groups excluding tert-OH is 1. The van der Waals surface area contributed by atoms with E-state index in [2.05, 4.69) is 46.4 Å². The van der Waals surface area contributed by atoms with Crippen LogP contribution < -0.4 is 0 Å². The minimum atomic E-state index is -0.209. The largest absolute Gasteiger partial charge is 0.392 e. The predicted octanol–water partition coefficient (Wildman–Crippen LogP) is 2.12. The SMILES string of the molecule is CCN(CC(O)C(C)C)C(C)(C)C. The Morgan fingerprint density at radius 2 is 1.69 bits per heavy atom. The van der Waals surface area contributed by atoms with E-state index in [0.717, 1.165) is 13.1 Å². The second-order valence-corrected chi connectivity index (χ2v) is 5.02. The Balaban J connectivity index is 4.14. The maximum Gasteiger partial charge on any atom is 0.0690 e. The van der Waals surface area contributed by atoms with Gasteiger partial charge in [0, 0.05) is 12.1 Å². The molecule has 0 saturated heterocycles. The molecule has 1 atom stereocenters. The van der Waals surface area contributed by atoms with Crippen LogP contribution in [0.2, 0.25) is 0 Å². The molecule has 13 heavy (non-hydrogen) atoms. The molecular formula is C11H25NO. The van der Waals surface area contributed by atoms with E-state index in [1.807, 2.05) is 0 Å². The number of likely N-dealkylation sites (N-methyl/N-ethyl adjacent to an activating group) is 1. The first-order valence-corrected chi connectivity index (χ1v) is 5.22. The third-order valence-corrected chi connectivity index (χ3v) is 2.51. The molecule has 80 valence electrons. The van der Waals surface area contributed by atoms with Crippen molar-refractivity contribution in [2.75, 3.05) is 13.1 Å². The molecule has 1 N–H and O–H groups in total. The zero-order chi connectivity index (χ0) is 10.6. The third kappa shape index (κ3) is 4.63. The monoisotopic (exact) mass is 187 g/mol. The van der Waals surface area contributed by atoms with E-state index in [1.165, 1.54) is 0 Å². The van der Waals surface area contributed by atoms with Gasteiger partial charge >= 0.3 is 0 Å². The van der Waals surface area contributed by atoms with Crippen LogP contribution in [0.4, 0.5) is 0 Å². The fourth-order valence-corrected chi connectivity index (χ4v) is 1.31. The van der Waals surface area contributed by atoms with Gasteiger partial charge in [-0.15, -0.1) is 0 Å². The van der Waals surface area contributed by atoms with Crippen LogP contribution in [0, 0.1) is 5.92 Å². The first-order chi connectivity index (χ1) is 5.79. The molecule has 2 nitrogen and oxygen atoms in total. The highest BCUT2D eigenvalue weighted by Gasteiger charge is 2.23. The van der Waals surface area contributed by atoms with Crippen LogP contribution in [0.1, 0.15) is 41.5 Å². The van der Waals surface area contributed by atoms with Crippen LogP contribution in [0.25, 0.3) is 0 Å². The Bertz CT molecular complexity index is 138. The van der Waals surface area contributed by atoms with Gasteiger partial charge in [-0.3, -0.25) is 4.90 Å². The fraction of sp³-hybridized carbons (Fsp3) is 1.00. The second kappa shape index (κ2) is 4.97. The summed E-state index contributed by atoms with van der Waals surface area (Å²) in [6.45, 7) is 14.6. The first kappa shape index (κ1) is 12.9. The third-order valence-electron chi connectivity index (χ3n) is 2.51. The summed E-state index contributed by atoms with van der Waals surface area (Å²) in [5, 5.41) is 9.75. The number of hydrogen-bond acceptors (Lipinski definition) is 2. The van der Waals surface area contributed by atoms with Crippen molar-refractivity contribution in [2.45, 2.75) is 53.2 Å². The lowest BCUT2D eigenvalue weighted by atomic mass is 10.0. The minimum absolute atomic E-state index is 0.157. The van der Waals surface area contributed by atoms with Crippen molar-refractivity contribution in [1.82, 2.24) is 4.90 Å². The van der Waals surface area contributed by atoms with E-state index in [4.69, 9.17) is 0 Å². The molecule has 0 amide bonds. The highest BCUT2D eigenvalue weighted by Crippen LogP contribution is 2.15. The average molecular weight is 187 g/mol. The summed E-state index contributed by atoms with van der Waals surface area (Å²) in [5.74, 6) is 0.344. The molecule has 0 bridgehead atoms. The molecule has 0 rings (SSSR count). The van der Waals surface area contributed by atoms with Crippen LogP contribution >= 0.6 is 0 Å². The van der Waals surface area contributed by atoms with Gasteiger partial charge in [-0.25, -0.2) is 0 Å². The lowest BCUT2D eigenvalue weighted by molar-refractivity contribution is 0.0389. The molecule has 0 aliphatic carbocycles. The molecule has 0 radical (unpaired) electrons. The second-order valence-electron chi connectivity index (χ2n) is 5.02. The van der Waals surface area contributed by atoms with Gasteiger partial charge in [-0.1, -0.05) is 20.8 Å². The highest BCUT2D eigenvalue weighted by molar-refractivity contribution is 4.78. The Kier molecular flexibility index (Phi) is 4.93. The summed E-state index contributed by atoms with van der Waals surface area (Å²) in [6.07, 6.45) is -0.209. The van der Waals surface area contributed by atoms with Crippen molar-refractivity contribution in [3.63, 3.8) is 0 Å². The summed E-state index contributed by atoms with van der Waals surface area (Å²) in [7, 11) is 0. The van der Waals surface area contributed by atoms with Gasteiger partial charge in [-0.05, 0) is 33.2 Å². The smallest absolute Gasteiger partial charge is 0.0690 e. The topological polar surface area (TPSA) is 23.5 Å². The van der Waals surface area contributed by atoms with Crippen molar-refractivity contribution in [2.24, 2.45) is 5.92 Å². The van der Waals surface area contributed by atoms with E-state index in [9.17, 15) is 5.11 Å². The van der Waals surface area contributed by atoms with Gasteiger partial charge in [0.25, 0.3) is 0 Å². The molecule has 1 unspecified atom stereocenters. The average Bonchev–Trinajstić information content (AvgIpc) is 1.96. The van der Waals surface area contributed by atoms with E-state index in [1.54, 1.807) is 0 Å². The molecule has 0 spiro atoms. The number of aliphatic hydroxyl groups is 1. The summed E-state index contributed by atoms with van der Waals surface area (Å²) < 4.78 is 0. The molecule has 0 aliphatic rings. The maximum absolute atomic E-state index is 9.75. The number of nitrogens with zero attached hydrogens (tertiary/aromatic N) is 1. The minimum Gasteiger partial charge on any atom is -0.392 e. The van der Waals surface area contributed by atoms with E-state index in [0.29, 0.717) is 5.92 Å². The zero-order valence-corrected chi connectivity index (χ0v) is 9.96. The summed E-state index contributed by atoms with van der Waals surface area (Å²) in [5.41, 5.74) is 0.157. The van der Waals surface area contributed by atoms with Crippen molar-refractivity contribution in [3.05, 3.63) is 0 Å². The van der Waals surface area contributed by atoms with Crippen molar-refractivity contribution < 1.29 is 5.11 Å². The summed E-state index contributed by atoms with van der Waals surface area (Å²) >= 11 is 0. The zero-order valence-electron chi connectivity index (χ0n) is 9.96. The number of hydrogen-bond donors (Lipinski definition) is 1. The highest BCUT2D eigenvalue weighted by atomic mass is 16.3. The van der Waals surface area contributed by atoms with Crippen LogP contribution in [0.3, 0.4) is 0 Å². The van der Waals surface area contributed by atoms with E-state index < -0.39 is 0 Å². The maximum atomic E-state index is 9.75. The van der Waals surface area contributed by atoms with Crippen molar-refractivity contribution in [1.29, 1.82) is 0 Å².